The van der Waals surface area contributed by atoms with Crippen molar-refractivity contribution in [2.75, 3.05) is 0 Å². The third kappa shape index (κ3) is 4.48. The zero-order valence-corrected chi connectivity index (χ0v) is 10.2. The molecule has 1 saturated carbocycles. The molecule has 0 heterocycles. The summed E-state index contributed by atoms with van der Waals surface area (Å²) in [5, 5.41) is 27.8. The first-order chi connectivity index (χ1) is 8.02. The molecule has 4 nitrogen and oxygen atoms in total. The summed E-state index contributed by atoms with van der Waals surface area (Å²) >= 11 is 0. The molecule has 4 atom stereocenters. The van der Waals surface area contributed by atoms with Gasteiger partial charge in [0.15, 0.2) is 0 Å². The second-order valence-corrected chi connectivity index (χ2v) is 4.89. The summed E-state index contributed by atoms with van der Waals surface area (Å²) in [5.74, 6) is -0.504. The van der Waals surface area contributed by atoms with Crippen molar-refractivity contribution in [3.63, 3.8) is 0 Å². The van der Waals surface area contributed by atoms with E-state index in [9.17, 15) is 15.0 Å². The minimum absolute atomic E-state index is 0.126. The van der Waals surface area contributed by atoms with Gasteiger partial charge in [0.25, 0.3) is 0 Å². The van der Waals surface area contributed by atoms with Crippen LogP contribution in [0.1, 0.15) is 39.0 Å². The smallest absolute Gasteiger partial charge is 0.303 e. The number of carboxylic acid groups (broad SMARTS) is 1. The van der Waals surface area contributed by atoms with E-state index in [1.807, 2.05) is 19.1 Å². The molecule has 0 aromatic carbocycles. The van der Waals surface area contributed by atoms with E-state index in [1.54, 1.807) is 0 Å². The normalized spacial score (nSPS) is 33.4. The van der Waals surface area contributed by atoms with E-state index >= 15 is 0 Å². The topological polar surface area (TPSA) is 77.8 Å². The summed E-state index contributed by atoms with van der Waals surface area (Å²) in [5.41, 5.74) is 0. The van der Waals surface area contributed by atoms with E-state index in [1.165, 1.54) is 0 Å². The highest BCUT2D eigenvalue weighted by Gasteiger charge is 2.37. The Kier molecular flexibility index (Phi) is 5.65. The van der Waals surface area contributed by atoms with Crippen molar-refractivity contribution in [2.24, 2.45) is 11.8 Å². The fourth-order valence-electron chi connectivity index (χ4n) is 2.39. The van der Waals surface area contributed by atoms with Crippen LogP contribution in [0, 0.1) is 11.8 Å². The first-order valence-corrected chi connectivity index (χ1v) is 6.25. The molecular weight excluding hydrogens is 220 g/mol. The molecule has 0 aliphatic heterocycles. The maximum atomic E-state index is 10.3. The number of hydrogen-bond donors (Lipinski definition) is 3. The molecule has 1 aliphatic carbocycles. The van der Waals surface area contributed by atoms with Crippen molar-refractivity contribution < 1.29 is 20.1 Å². The first-order valence-electron chi connectivity index (χ1n) is 6.25. The van der Waals surface area contributed by atoms with Gasteiger partial charge in [-0.1, -0.05) is 19.1 Å². The third-order valence-electron chi connectivity index (χ3n) is 3.60. The monoisotopic (exact) mass is 242 g/mol. The number of unbranched alkanes of at least 4 members (excludes halogenated alkanes) is 1. The van der Waals surface area contributed by atoms with Crippen LogP contribution >= 0.6 is 0 Å². The average molecular weight is 242 g/mol. The molecule has 0 unspecified atom stereocenters. The molecule has 1 aliphatic rings. The number of aliphatic carboxylic acids is 1. The number of rotatable bonds is 6. The lowest BCUT2D eigenvalue weighted by atomic mass is 9.92. The Balaban J connectivity index is 2.21. The van der Waals surface area contributed by atoms with Crippen LogP contribution < -0.4 is 0 Å². The van der Waals surface area contributed by atoms with Crippen LogP contribution in [-0.4, -0.2) is 33.5 Å². The maximum absolute atomic E-state index is 10.3. The Labute approximate surface area is 102 Å². The zero-order valence-electron chi connectivity index (χ0n) is 10.2. The van der Waals surface area contributed by atoms with E-state index < -0.39 is 18.2 Å². The second kappa shape index (κ2) is 6.77. The first kappa shape index (κ1) is 14.2. The van der Waals surface area contributed by atoms with E-state index in [2.05, 4.69) is 0 Å². The molecular formula is C13H22O4. The molecule has 0 saturated heterocycles. The predicted octanol–water partition coefficient (Wildman–Crippen LogP) is 1.57. The molecule has 0 aromatic rings. The molecule has 17 heavy (non-hydrogen) atoms. The molecule has 4 heteroatoms. The second-order valence-electron chi connectivity index (χ2n) is 4.89. The molecule has 0 spiro atoms. The van der Waals surface area contributed by atoms with Crippen LogP contribution in [0.2, 0.25) is 0 Å². The molecule has 98 valence electrons. The number of aliphatic hydroxyl groups excluding tert-OH is 2. The minimum atomic E-state index is -0.763. The Morgan fingerprint density at radius 1 is 1.29 bits per heavy atom. The van der Waals surface area contributed by atoms with Crippen molar-refractivity contribution in [3.8, 4) is 0 Å². The van der Waals surface area contributed by atoms with Crippen LogP contribution in [0.4, 0.5) is 0 Å². The van der Waals surface area contributed by atoms with Crippen LogP contribution in [0.5, 0.6) is 0 Å². The van der Waals surface area contributed by atoms with Crippen molar-refractivity contribution in [3.05, 3.63) is 12.2 Å². The molecule has 0 aromatic heterocycles. The lowest BCUT2D eigenvalue weighted by molar-refractivity contribution is -0.137. The number of carbonyl (C=O) groups is 1. The summed E-state index contributed by atoms with van der Waals surface area (Å²) in [6.45, 7) is 1.96. The predicted molar refractivity (Wildman–Crippen MR) is 64.5 cm³/mol. The van der Waals surface area contributed by atoms with Crippen molar-refractivity contribution in [1.29, 1.82) is 0 Å². The number of hydrogen-bond acceptors (Lipinski definition) is 3. The lowest BCUT2D eigenvalue weighted by Crippen LogP contribution is -2.18. The molecule has 3 N–H and O–H groups in total. The molecule has 0 bridgehead atoms. The highest BCUT2D eigenvalue weighted by Crippen LogP contribution is 2.34. The van der Waals surface area contributed by atoms with Crippen LogP contribution in [0.25, 0.3) is 0 Å². The maximum Gasteiger partial charge on any atom is 0.303 e. The quantitative estimate of drug-likeness (QED) is 0.488. The summed E-state index contributed by atoms with van der Waals surface area (Å²) in [6.07, 6.45) is 5.98. The minimum Gasteiger partial charge on any atom is -0.481 e. The van der Waals surface area contributed by atoms with Crippen LogP contribution in [0.15, 0.2) is 12.2 Å². The van der Waals surface area contributed by atoms with Gasteiger partial charge in [0.2, 0.25) is 0 Å². The zero-order chi connectivity index (χ0) is 12.8. The third-order valence-corrected chi connectivity index (χ3v) is 3.60. The van der Waals surface area contributed by atoms with Crippen molar-refractivity contribution >= 4 is 5.97 Å². The van der Waals surface area contributed by atoms with E-state index in [4.69, 9.17) is 5.11 Å². The van der Waals surface area contributed by atoms with Gasteiger partial charge in [-0.05, 0) is 37.5 Å². The summed E-state index contributed by atoms with van der Waals surface area (Å²) in [4.78, 5) is 10.3. The molecule has 0 radical (unpaired) electrons. The van der Waals surface area contributed by atoms with E-state index in [0.717, 1.165) is 12.8 Å². The summed E-state index contributed by atoms with van der Waals surface area (Å²) < 4.78 is 0. The fraction of sp³-hybridized carbons (Fsp3) is 0.769. The fourth-order valence-corrected chi connectivity index (χ4v) is 2.39. The standard InChI is InChI=1S/C13H22O4/c1-9-10(12(15)8-11(9)14)6-4-2-3-5-7-13(16)17/h2,4,9-12,14-15H,3,5-8H2,1H3,(H,16,17)/b4-2-/t9-,10-,11-,12+/m1/s1. The van der Waals surface area contributed by atoms with Crippen LogP contribution in [0.3, 0.4) is 0 Å². The van der Waals surface area contributed by atoms with Gasteiger partial charge in [0.05, 0.1) is 12.2 Å². The summed E-state index contributed by atoms with van der Waals surface area (Å²) in [7, 11) is 0. The Morgan fingerprint density at radius 3 is 2.53 bits per heavy atom. The van der Waals surface area contributed by atoms with Crippen molar-refractivity contribution in [2.45, 2.75) is 51.2 Å². The van der Waals surface area contributed by atoms with E-state index in [0.29, 0.717) is 12.8 Å². The van der Waals surface area contributed by atoms with Gasteiger partial charge in [0, 0.05) is 6.42 Å². The van der Waals surface area contributed by atoms with Crippen molar-refractivity contribution in [1.82, 2.24) is 0 Å². The van der Waals surface area contributed by atoms with Gasteiger partial charge in [-0.15, -0.1) is 0 Å². The van der Waals surface area contributed by atoms with Gasteiger partial charge in [-0.2, -0.15) is 0 Å². The summed E-state index contributed by atoms with van der Waals surface area (Å²) in [6, 6.07) is 0. The van der Waals surface area contributed by atoms with Gasteiger partial charge in [0.1, 0.15) is 0 Å². The number of carboxylic acids is 1. The SMILES string of the molecule is C[C@@H]1[C@@H](C/C=C\CCCC(=O)O)[C@@H](O)C[C@H]1O. The Morgan fingerprint density at radius 2 is 2.00 bits per heavy atom. The van der Waals surface area contributed by atoms with Crippen LogP contribution in [-0.2, 0) is 4.79 Å². The van der Waals surface area contributed by atoms with Gasteiger partial charge < -0.3 is 15.3 Å². The highest BCUT2D eigenvalue weighted by molar-refractivity contribution is 5.66. The van der Waals surface area contributed by atoms with E-state index in [-0.39, 0.29) is 18.3 Å². The highest BCUT2D eigenvalue weighted by atomic mass is 16.4. The molecule has 0 amide bonds. The largest absolute Gasteiger partial charge is 0.481 e. The van der Waals surface area contributed by atoms with Gasteiger partial charge in [-0.3, -0.25) is 4.79 Å². The lowest BCUT2D eigenvalue weighted by Gasteiger charge is -2.17. The molecule has 1 fully saturated rings. The number of aliphatic hydroxyl groups is 2. The average Bonchev–Trinajstić information content (AvgIpc) is 2.48. The van der Waals surface area contributed by atoms with Gasteiger partial charge in [-0.25, -0.2) is 0 Å². The Bertz CT molecular complexity index is 275. The number of allylic oxidation sites excluding steroid dienone is 2. The Hall–Kier alpha value is -0.870. The molecule has 1 rings (SSSR count). The van der Waals surface area contributed by atoms with Gasteiger partial charge >= 0.3 is 5.97 Å².